The van der Waals surface area contributed by atoms with Crippen LogP contribution < -0.4 is 5.56 Å². The van der Waals surface area contributed by atoms with E-state index in [1.165, 1.54) is 35.2 Å². The van der Waals surface area contributed by atoms with Crippen molar-refractivity contribution in [3.8, 4) is 0 Å². The van der Waals surface area contributed by atoms with E-state index < -0.39 is 0 Å². The highest BCUT2D eigenvalue weighted by Gasteiger charge is 2.18. The van der Waals surface area contributed by atoms with Crippen molar-refractivity contribution in [1.82, 2.24) is 14.5 Å². The lowest BCUT2D eigenvalue weighted by Crippen LogP contribution is -2.29. The molecule has 3 rings (SSSR count). The highest BCUT2D eigenvalue weighted by molar-refractivity contribution is 7.99. The number of fused-ring (bicyclic) bond motifs is 1. The van der Waals surface area contributed by atoms with Crippen LogP contribution in [0.15, 0.2) is 34.2 Å². The topological polar surface area (TPSA) is 64.4 Å². The van der Waals surface area contributed by atoms with E-state index in [1.54, 1.807) is 28.6 Å². The van der Waals surface area contributed by atoms with Crippen LogP contribution in [0.4, 0.5) is 4.39 Å². The van der Waals surface area contributed by atoms with E-state index in [2.05, 4.69) is 0 Å². The molecule has 1 aromatic carbocycles. The summed E-state index contributed by atoms with van der Waals surface area (Å²) in [5, 5.41) is 1.21. The molecule has 0 N–H and O–H groups in total. The first-order valence-electron chi connectivity index (χ1n) is 10.5. The number of benzene rings is 1. The predicted octanol–water partition coefficient (Wildman–Crippen LogP) is 4.39. The minimum absolute atomic E-state index is 0.0667. The molecule has 0 aliphatic carbocycles. The fourth-order valence-corrected chi connectivity index (χ4v) is 5.31. The molecule has 172 valence electrons. The summed E-state index contributed by atoms with van der Waals surface area (Å²) >= 11 is 2.77. The molecule has 1 amide bonds. The van der Waals surface area contributed by atoms with Crippen molar-refractivity contribution in [1.29, 1.82) is 0 Å². The van der Waals surface area contributed by atoms with E-state index >= 15 is 0 Å². The summed E-state index contributed by atoms with van der Waals surface area (Å²) < 4.78 is 20.2. The number of carbonyl (C=O) groups excluding carboxylic acids is 1. The van der Waals surface area contributed by atoms with Gasteiger partial charge in [0.25, 0.3) is 5.56 Å². The second-order valence-electron chi connectivity index (χ2n) is 7.53. The molecule has 2 aromatic heterocycles. The zero-order chi connectivity index (χ0) is 23.3. The zero-order valence-electron chi connectivity index (χ0n) is 18.8. The van der Waals surface area contributed by atoms with Crippen molar-refractivity contribution in [2.75, 3.05) is 26.0 Å². The molecule has 9 heteroatoms. The Balaban J connectivity index is 1.77. The summed E-state index contributed by atoms with van der Waals surface area (Å²) in [5.74, 6) is -0.237. The number of halogens is 1. The number of aromatic nitrogens is 2. The van der Waals surface area contributed by atoms with Crippen molar-refractivity contribution in [3.05, 3.63) is 56.4 Å². The Hall–Kier alpha value is -2.23. The van der Waals surface area contributed by atoms with Gasteiger partial charge in [0.1, 0.15) is 10.6 Å². The maximum absolute atomic E-state index is 13.2. The number of rotatable bonds is 10. The van der Waals surface area contributed by atoms with Crippen LogP contribution in [0.25, 0.3) is 10.2 Å². The lowest BCUT2D eigenvalue weighted by molar-refractivity contribution is -0.127. The smallest absolute Gasteiger partial charge is 0.263 e. The second-order valence-corrected chi connectivity index (χ2v) is 9.68. The van der Waals surface area contributed by atoms with Gasteiger partial charge in [0, 0.05) is 38.2 Å². The van der Waals surface area contributed by atoms with Crippen LogP contribution in [0.3, 0.4) is 0 Å². The highest BCUT2D eigenvalue weighted by atomic mass is 32.2. The molecule has 0 bridgehead atoms. The first-order chi connectivity index (χ1) is 15.3. The number of hydrogen-bond acceptors (Lipinski definition) is 6. The van der Waals surface area contributed by atoms with Crippen LogP contribution in [0.1, 0.15) is 29.3 Å². The Kier molecular flexibility index (Phi) is 8.44. The molecule has 6 nitrogen and oxygen atoms in total. The first-order valence-corrected chi connectivity index (χ1v) is 12.3. The van der Waals surface area contributed by atoms with Crippen LogP contribution in [0, 0.1) is 19.7 Å². The number of ether oxygens (including phenoxy) is 1. The molecular weight excluding hydrogens is 449 g/mol. The summed E-state index contributed by atoms with van der Waals surface area (Å²) in [4.78, 5) is 34.1. The van der Waals surface area contributed by atoms with Crippen molar-refractivity contribution in [2.24, 2.45) is 0 Å². The molecule has 0 aliphatic heterocycles. The first kappa shape index (κ1) is 24.4. The van der Waals surface area contributed by atoms with Crippen LogP contribution in [0.2, 0.25) is 0 Å². The zero-order valence-corrected chi connectivity index (χ0v) is 20.4. The Morgan fingerprint density at radius 1 is 1.28 bits per heavy atom. The Labute approximate surface area is 195 Å². The maximum Gasteiger partial charge on any atom is 0.263 e. The monoisotopic (exact) mass is 477 g/mol. The van der Waals surface area contributed by atoms with E-state index in [0.717, 1.165) is 16.0 Å². The quantitative estimate of drug-likeness (QED) is 0.246. The average Bonchev–Trinajstić information content (AvgIpc) is 3.06. The Bertz CT molecular complexity index is 1140. The van der Waals surface area contributed by atoms with E-state index in [0.29, 0.717) is 48.1 Å². The predicted molar refractivity (Wildman–Crippen MR) is 128 cm³/mol. The number of nitrogens with zero attached hydrogens (tertiary/aromatic N) is 3. The molecule has 0 saturated heterocycles. The normalized spacial score (nSPS) is 11.3. The maximum atomic E-state index is 13.2. The van der Waals surface area contributed by atoms with Crippen molar-refractivity contribution >= 4 is 39.2 Å². The molecule has 0 saturated carbocycles. The van der Waals surface area contributed by atoms with Gasteiger partial charge < -0.3 is 9.64 Å². The molecule has 0 spiro atoms. The average molecular weight is 478 g/mol. The fraction of sp³-hybridized carbons (Fsp3) is 0.435. The molecule has 32 heavy (non-hydrogen) atoms. The van der Waals surface area contributed by atoms with Gasteiger partial charge in [-0.1, -0.05) is 23.9 Å². The number of aryl methyl sites for hydroxylation is 2. The Morgan fingerprint density at radius 2 is 2.00 bits per heavy atom. The molecule has 0 fully saturated rings. The molecule has 0 aliphatic rings. The number of hydrogen-bond donors (Lipinski definition) is 0. The molecule has 0 unspecified atom stereocenters. The largest absolute Gasteiger partial charge is 0.382 e. The van der Waals surface area contributed by atoms with Gasteiger partial charge in [-0.3, -0.25) is 14.2 Å². The molecule has 0 atom stereocenters. The van der Waals surface area contributed by atoms with Crippen molar-refractivity contribution in [3.63, 3.8) is 0 Å². The minimum atomic E-state index is -0.305. The van der Waals surface area contributed by atoms with Crippen molar-refractivity contribution < 1.29 is 13.9 Å². The van der Waals surface area contributed by atoms with Gasteiger partial charge in [-0.05, 0) is 50.5 Å². The number of carbonyl (C=O) groups is 1. The summed E-state index contributed by atoms with van der Waals surface area (Å²) in [6.45, 7) is 7.93. The second kappa shape index (κ2) is 11.1. The molecular formula is C23H28FN3O3S2. The third-order valence-electron chi connectivity index (χ3n) is 5.21. The molecule has 0 radical (unpaired) electrons. The van der Waals surface area contributed by atoms with Gasteiger partial charge in [-0.2, -0.15) is 0 Å². The fourth-order valence-electron chi connectivity index (χ4n) is 3.27. The Morgan fingerprint density at radius 3 is 2.69 bits per heavy atom. The summed E-state index contributed by atoms with van der Waals surface area (Å²) in [6.07, 6.45) is 0.690. The van der Waals surface area contributed by atoms with Crippen LogP contribution in [0.5, 0.6) is 0 Å². The third-order valence-corrected chi connectivity index (χ3v) is 7.27. The number of thioether (sulfide) groups is 1. The van der Waals surface area contributed by atoms with E-state index in [1.807, 2.05) is 20.8 Å². The molecule has 2 heterocycles. The lowest BCUT2D eigenvalue weighted by Gasteiger charge is -2.18. The number of thiophene rings is 1. The van der Waals surface area contributed by atoms with Crippen molar-refractivity contribution in [2.45, 2.75) is 45.4 Å². The van der Waals surface area contributed by atoms with Gasteiger partial charge >= 0.3 is 0 Å². The lowest BCUT2D eigenvalue weighted by atomic mass is 10.2. The van der Waals surface area contributed by atoms with Gasteiger partial charge in [-0.25, -0.2) is 9.37 Å². The number of amides is 1. The van der Waals surface area contributed by atoms with E-state index in [4.69, 9.17) is 9.72 Å². The summed E-state index contributed by atoms with van der Waals surface area (Å²) in [6, 6.07) is 6.10. The molecule has 3 aromatic rings. The van der Waals surface area contributed by atoms with Crippen LogP contribution in [-0.4, -0.2) is 46.4 Å². The SMILES string of the molecule is CCOCCCn1c(SCC(=O)N(C)Cc2ccc(F)cc2)nc2sc(C)c(C)c2c1=O. The van der Waals surface area contributed by atoms with Gasteiger partial charge in [0.05, 0.1) is 11.1 Å². The minimum Gasteiger partial charge on any atom is -0.382 e. The van der Waals surface area contributed by atoms with Gasteiger partial charge in [0.2, 0.25) is 5.91 Å². The summed E-state index contributed by atoms with van der Waals surface area (Å²) in [5.41, 5.74) is 1.75. The van der Waals surface area contributed by atoms with Crippen LogP contribution >= 0.6 is 23.1 Å². The standard InChI is InChI=1S/C23H28FN3O3S2/c1-5-30-12-6-11-27-22(29)20-15(2)16(3)32-21(20)25-23(27)31-14-19(28)26(4)13-17-7-9-18(24)10-8-17/h7-10H,5-6,11-14H2,1-4H3. The summed E-state index contributed by atoms with van der Waals surface area (Å²) in [7, 11) is 1.71. The van der Waals surface area contributed by atoms with Crippen LogP contribution in [-0.2, 0) is 22.6 Å². The third kappa shape index (κ3) is 5.76. The van der Waals surface area contributed by atoms with Gasteiger partial charge in [0.15, 0.2) is 5.16 Å². The van der Waals surface area contributed by atoms with Gasteiger partial charge in [-0.15, -0.1) is 11.3 Å². The van der Waals surface area contributed by atoms with E-state index in [-0.39, 0.29) is 23.0 Å². The van der Waals surface area contributed by atoms with E-state index in [9.17, 15) is 14.0 Å². The highest BCUT2D eigenvalue weighted by Crippen LogP contribution is 2.28.